The van der Waals surface area contributed by atoms with Crippen molar-refractivity contribution >= 4 is 45.6 Å². The van der Waals surface area contributed by atoms with Crippen molar-refractivity contribution < 1.29 is 22.7 Å². The molecule has 1 aliphatic carbocycles. The molecule has 1 aromatic carbocycles. The lowest BCUT2D eigenvalue weighted by molar-refractivity contribution is -0.137. The Balaban J connectivity index is 1.44. The number of alkyl halides is 3. The molecule has 7 nitrogen and oxygen atoms in total. The molecular weight excluding hydrogens is 487 g/mol. The number of anilines is 2. The number of carbonyl (C=O) groups is 1. The number of hydrogen-bond donors (Lipinski definition) is 2. The van der Waals surface area contributed by atoms with E-state index in [4.69, 9.17) is 17.0 Å². The third-order valence-electron chi connectivity index (χ3n) is 5.40. The Bertz CT molecular complexity index is 1210. The molecule has 2 N–H and O–H groups in total. The van der Waals surface area contributed by atoms with Gasteiger partial charge in [0.2, 0.25) is 5.95 Å². The molecule has 0 aliphatic heterocycles. The van der Waals surface area contributed by atoms with Crippen LogP contribution in [0.4, 0.5) is 24.1 Å². The number of benzene rings is 1. The number of carbonyl (C=O) groups excluding carboxylic acids is 1. The maximum absolute atomic E-state index is 12.9. The SMILES string of the molecule is COC(=O)c1c(NC(=S)Nc2ncn(Cc3cccc(C(F)(F)F)c3)n2)sc2c1CCCCC2. The third-order valence-corrected chi connectivity index (χ3v) is 6.81. The van der Waals surface area contributed by atoms with Gasteiger partial charge >= 0.3 is 12.1 Å². The summed E-state index contributed by atoms with van der Waals surface area (Å²) in [6.07, 6.45) is 1.93. The molecular formula is C22H22F3N5O2S2. The van der Waals surface area contributed by atoms with Crippen molar-refractivity contribution in [2.75, 3.05) is 17.7 Å². The number of ether oxygens (including phenoxy) is 1. The number of rotatable bonds is 5. The molecule has 4 rings (SSSR count). The second-order valence-corrected chi connectivity index (χ2v) is 9.32. The molecule has 180 valence electrons. The number of methoxy groups -OCH3 is 1. The molecule has 0 saturated carbocycles. The molecule has 0 bridgehead atoms. The number of esters is 1. The summed E-state index contributed by atoms with van der Waals surface area (Å²) in [5.41, 5.74) is 1.25. The summed E-state index contributed by atoms with van der Waals surface area (Å²) in [6, 6.07) is 5.05. The fourth-order valence-corrected chi connectivity index (χ4v) is 5.39. The predicted octanol–water partition coefficient (Wildman–Crippen LogP) is 5.27. The minimum absolute atomic E-state index is 0.114. The second-order valence-electron chi connectivity index (χ2n) is 7.80. The van der Waals surface area contributed by atoms with Gasteiger partial charge in [-0.3, -0.25) is 5.32 Å². The topological polar surface area (TPSA) is 81.1 Å². The van der Waals surface area contributed by atoms with Crippen LogP contribution in [0.3, 0.4) is 0 Å². The quantitative estimate of drug-likeness (QED) is 0.275. The molecule has 2 heterocycles. The Morgan fingerprint density at radius 2 is 2.03 bits per heavy atom. The van der Waals surface area contributed by atoms with Crippen molar-refractivity contribution in [1.82, 2.24) is 14.8 Å². The van der Waals surface area contributed by atoms with E-state index in [1.54, 1.807) is 6.07 Å². The van der Waals surface area contributed by atoms with Crippen LogP contribution in [0, 0.1) is 0 Å². The van der Waals surface area contributed by atoms with Crippen molar-refractivity contribution in [3.05, 3.63) is 57.7 Å². The lowest BCUT2D eigenvalue weighted by Crippen LogP contribution is -2.21. The van der Waals surface area contributed by atoms with Crippen molar-refractivity contribution in [2.24, 2.45) is 0 Å². The second kappa shape index (κ2) is 10.1. The Hall–Kier alpha value is -2.99. The Morgan fingerprint density at radius 1 is 1.24 bits per heavy atom. The molecule has 0 saturated heterocycles. The minimum atomic E-state index is -4.41. The van der Waals surface area contributed by atoms with E-state index in [0.29, 0.717) is 16.1 Å². The van der Waals surface area contributed by atoms with Gasteiger partial charge in [0.05, 0.1) is 24.8 Å². The Morgan fingerprint density at radius 3 is 2.79 bits per heavy atom. The number of aromatic nitrogens is 3. The van der Waals surface area contributed by atoms with E-state index in [1.165, 1.54) is 35.5 Å². The van der Waals surface area contributed by atoms with Crippen molar-refractivity contribution in [3.63, 3.8) is 0 Å². The van der Waals surface area contributed by atoms with Crippen LogP contribution in [0.25, 0.3) is 0 Å². The van der Waals surface area contributed by atoms with Crippen LogP contribution in [0.15, 0.2) is 30.6 Å². The number of hydrogen-bond acceptors (Lipinski definition) is 6. The standard InChI is InChI=1S/C22H22F3N5O2S2/c1-32-19(31)17-15-8-3-2-4-9-16(15)34-18(17)27-21(33)28-20-26-12-30(29-20)11-13-6-5-7-14(10-13)22(23,24)25/h5-7,10,12H,2-4,8-9,11H2,1H3,(H2,27,28,29,33). The van der Waals surface area contributed by atoms with Crippen LogP contribution >= 0.6 is 23.6 Å². The van der Waals surface area contributed by atoms with E-state index in [1.807, 2.05) is 0 Å². The van der Waals surface area contributed by atoms with Gasteiger partial charge in [-0.15, -0.1) is 16.4 Å². The van der Waals surface area contributed by atoms with Crippen molar-refractivity contribution in [3.8, 4) is 0 Å². The first-order valence-corrected chi connectivity index (χ1v) is 11.8. The highest BCUT2D eigenvalue weighted by atomic mass is 32.1. The number of thiophene rings is 1. The molecule has 0 amide bonds. The first-order valence-electron chi connectivity index (χ1n) is 10.6. The molecule has 34 heavy (non-hydrogen) atoms. The summed E-state index contributed by atoms with van der Waals surface area (Å²) in [5.74, 6) is -0.226. The largest absolute Gasteiger partial charge is 0.465 e. The van der Waals surface area contributed by atoms with Gasteiger partial charge in [0, 0.05) is 4.88 Å². The molecule has 0 atom stereocenters. The average molecular weight is 510 g/mol. The average Bonchev–Trinajstić information content (AvgIpc) is 3.28. The van der Waals surface area contributed by atoms with E-state index >= 15 is 0 Å². The zero-order valence-electron chi connectivity index (χ0n) is 18.2. The van der Waals surface area contributed by atoms with Crippen molar-refractivity contribution in [1.29, 1.82) is 0 Å². The highest BCUT2D eigenvalue weighted by molar-refractivity contribution is 7.80. The first-order chi connectivity index (χ1) is 16.2. The van der Waals surface area contributed by atoms with Crippen molar-refractivity contribution in [2.45, 2.75) is 44.8 Å². The van der Waals surface area contributed by atoms with Gasteiger partial charge in [-0.2, -0.15) is 13.2 Å². The molecule has 2 aromatic heterocycles. The van der Waals surface area contributed by atoms with Crippen LogP contribution in [0.5, 0.6) is 0 Å². The van der Waals surface area contributed by atoms with Crippen LogP contribution < -0.4 is 10.6 Å². The lowest BCUT2D eigenvalue weighted by Gasteiger charge is -2.09. The van der Waals surface area contributed by atoms with Crippen LogP contribution in [-0.2, 0) is 30.3 Å². The molecule has 0 unspecified atom stereocenters. The predicted molar refractivity (Wildman–Crippen MR) is 127 cm³/mol. The van der Waals surface area contributed by atoms with Gasteiger partial charge < -0.3 is 10.1 Å². The summed E-state index contributed by atoms with van der Waals surface area (Å²) >= 11 is 6.87. The minimum Gasteiger partial charge on any atom is -0.465 e. The van der Waals surface area contributed by atoms with Gasteiger partial charge in [-0.25, -0.2) is 14.5 Å². The number of fused-ring (bicyclic) bond motifs is 1. The maximum atomic E-state index is 12.9. The summed E-state index contributed by atoms with van der Waals surface area (Å²) in [7, 11) is 1.35. The van der Waals surface area contributed by atoms with Gasteiger partial charge in [0.15, 0.2) is 5.11 Å². The van der Waals surface area contributed by atoms with E-state index < -0.39 is 17.7 Å². The van der Waals surface area contributed by atoms with E-state index in [0.717, 1.165) is 54.7 Å². The van der Waals surface area contributed by atoms with Gasteiger partial charge in [-0.1, -0.05) is 18.6 Å². The van der Waals surface area contributed by atoms with Crippen LogP contribution in [-0.4, -0.2) is 33.0 Å². The molecule has 0 spiro atoms. The van der Waals surface area contributed by atoms with E-state index in [2.05, 4.69) is 20.7 Å². The highest BCUT2D eigenvalue weighted by Crippen LogP contribution is 2.38. The summed E-state index contributed by atoms with van der Waals surface area (Å²) in [4.78, 5) is 17.7. The molecule has 3 aromatic rings. The fourth-order valence-electron chi connectivity index (χ4n) is 3.85. The van der Waals surface area contributed by atoms with Gasteiger partial charge in [-0.05, 0) is 61.2 Å². The zero-order chi connectivity index (χ0) is 24.3. The smallest absolute Gasteiger partial charge is 0.416 e. The third kappa shape index (κ3) is 5.55. The molecule has 0 radical (unpaired) electrons. The number of nitrogens with one attached hydrogen (secondary N) is 2. The normalized spacial score (nSPS) is 13.6. The molecule has 12 heteroatoms. The Labute approximate surface area is 203 Å². The number of thiocarbonyl (C=S) groups is 1. The number of nitrogens with zero attached hydrogens (tertiary/aromatic N) is 3. The Kier molecular flexibility index (Phi) is 7.17. The molecule has 1 aliphatic rings. The maximum Gasteiger partial charge on any atom is 0.416 e. The molecule has 0 fully saturated rings. The lowest BCUT2D eigenvalue weighted by atomic mass is 10.1. The fraction of sp³-hybridized carbons (Fsp3) is 0.364. The monoisotopic (exact) mass is 509 g/mol. The van der Waals surface area contributed by atoms with Gasteiger partial charge in [0.25, 0.3) is 0 Å². The highest BCUT2D eigenvalue weighted by Gasteiger charge is 2.30. The summed E-state index contributed by atoms with van der Waals surface area (Å²) < 4.78 is 45.2. The van der Waals surface area contributed by atoms with Gasteiger partial charge in [0.1, 0.15) is 11.3 Å². The van der Waals surface area contributed by atoms with E-state index in [-0.39, 0.29) is 17.6 Å². The number of aryl methyl sites for hydroxylation is 1. The zero-order valence-corrected chi connectivity index (χ0v) is 19.9. The first kappa shape index (κ1) is 24.1. The number of halogens is 3. The van der Waals surface area contributed by atoms with E-state index in [9.17, 15) is 18.0 Å². The van der Waals surface area contributed by atoms with Crippen LogP contribution in [0.2, 0.25) is 0 Å². The summed E-state index contributed by atoms with van der Waals surface area (Å²) in [6.45, 7) is 0.114. The van der Waals surface area contributed by atoms with Crippen LogP contribution in [0.1, 0.15) is 51.2 Å². The summed E-state index contributed by atoms with van der Waals surface area (Å²) in [5, 5.41) is 11.0.